The molecule has 11 aromatic rings. The molecule has 4 nitrogen and oxygen atoms in total. The molecule has 0 spiro atoms. The van der Waals surface area contributed by atoms with Crippen LogP contribution in [0.2, 0.25) is 0 Å². The Morgan fingerprint density at radius 3 is 1.33 bits per heavy atom. The lowest BCUT2D eigenvalue weighted by Crippen LogP contribution is -2.14. The van der Waals surface area contributed by atoms with Crippen molar-refractivity contribution in [3.63, 3.8) is 0 Å². The van der Waals surface area contributed by atoms with E-state index in [0.717, 1.165) is 44.4 Å². The molecule has 2 aromatic heterocycles. The first-order chi connectivity index (χ1) is 31.5. The average Bonchev–Trinajstić information content (AvgIpc) is 3.82. The number of nitrogens with zero attached hydrogens (tertiary/aromatic N) is 4. The molecule has 0 unspecified atom stereocenters. The van der Waals surface area contributed by atoms with E-state index in [1.165, 1.54) is 55.4 Å². The van der Waals surface area contributed by atoms with Gasteiger partial charge in [0.2, 0.25) is 0 Å². The number of fused-ring (bicyclic) bond motifs is 6. The van der Waals surface area contributed by atoms with Crippen LogP contribution in [0.25, 0.3) is 106 Å². The maximum atomic E-state index is 5.25. The SMILES string of the molecule is CC1(C)c2ccccc2-c2c(-n3c4ccccc4c4ccc(-c5nc(-c6ccc(-c7ccccc7)cc6)nc(-c6ccc(-c7ccc(-c8ccccc8)cc7)cc6)n5)cc43)cccc21. The number of aromatic nitrogens is 4. The quantitative estimate of drug-likeness (QED) is 0.161. The zero-order valence-corrected chi connectivity index (χ0v) is 35.6. The third-order valence-electron chi connectivity index (χ3n) is 13.1. The summed E-state index contributed by atoms with van der Waals surface area (Å²) in [7, 11) is 0. The maximum Gasteiger partial charge on any atom is 0.164 e. The van der Waals surface area contributed by atoms with Crippen LogP contribution >= 0.6 is 0 Å². The molecular weight excluding hydrogens is 777 g/mol. The van der Waals surface area contributed by atoms with Gasteiger partial charge in [-0.3, -0.25) is 0 Å². The minimum Gasteiger partial charge on any atom is -0.309 e. The number of benzene rings is 9. The molecule has 0 bridgehead atoms. The van der Waals surface area contributed by atoms with Crippen molar-refractivity contribution < 1.29 is 0 Å². The minimum atomic E-state index is -0.117. The van der Waals surface area contributed by atoms with Crippen LogP contribution in [0, 0.1) is 0 Å². The molecule has 0 aliphatic heterocycles. The van der Waals surface area contributed by atoms with Gasteiger partial charge in [-0.05, 0) is 68.3 Å². The first-order valence-corrected chi connectivity index (χ1v) is 21.9. The molecule has 1 aliphatic rings. The van der Waals surface area contributed by atoms with E-state index in [1.54, 1.807) is 0 Å². The Kier molecular flexibility index (Phi) is 8.80. The smallest absolute Gasteiger partial charge is 0.164 e. The number of hydrogen-bond acceptors (Lipinski definition) is 3. The summed E-state index contributed by atoms with van der Waals surface area (Å²) in [6.45, 7) is 4.68. The van der Waals surface area contributed by atoms with Gasteiger partial charge < -0.3 is 4.57 Å². The van der Waals surface area contributed by atoms with Crippen molar-refractivity contribution in [1.29, 1.82) is 0 Å². The normalized spacial score (nSPS) is 12.7. The van der Waals surface area contributed by atoms with E-state index in [-0.39, 0.29) is 5.41 Å². The summed E-state index contributed by atoms with van der Waals surface area (Å²) >= 11 is 0. The second-order valence-corrected chi connectivity index (χ2v) is 17.2. The van der Waals surface area contributed by atoms with Crippen LogP contribution in [0.5, 0.6) is 0 Å². The molecule has 1 aliphatic carbocycles. The standard InChI is InChI=1S/C60H42N4/c1-60(2)51-20-11-9-19-50(51)56-52(60)21-13-23-54(56)64-53-22-12-10-18-48(53)49-37-36-47(38-55(49)64)59-62-57(45-32-28-42(29-33-45)40-16-7-4-8-17-40)61-58(63-59)46-34-30-44(31-35-46)43-26-24-41(25-27-43)39-14-5-3-6-15-39/h3-38H,1-2H3. The molecule has 64 heavy (non-hydrogen) atoms. The molecule has 0 N–H and O–H groups in total. The molecule has 0 saturated carbocycles. The second-order valence-electron chi connectivity index (χ2n) is 17.2. The Balaban J connectivity index is 0.999. The first kappa shape index (κ1) is 37.5. The van der Waals surface area contributed by atoms with Gasteiger partial charge in [0.15, 0.2) is 17.5 Å². The van der Waals surface area contributed by atoms with Gasteiger partial charge in [0, 0.05) is 38.4 Å². The van der Waals surface area contributed by atoms with Crippen LogP contribution in [0.3, 0.4) is 0 Å². The molecule has 0 amide bonds. The molecule has 2 heterocycles. The van der Waals surface area contributed by atoms with Crippen LogP contribution in [0.15, 0.2) is 218 Å². The van der Waals surface area contributed by atoms with Crippen LogP contribution < -0.4 is 0 Å². The zero-order valence-electron chi connectivity index (χ0n) is 35.6. The number of rotatable bonds is 7. The van der Waals surface area contributed by atoms with E-state index in [4.69, 9.17) is 15.0 Å². The first-order valence-electron chi connectivity index (χ1n) is 21.9. The molecule has 0 fully saturated rings. The van der Waals surface area contributed by atoms with Gasteiger partial charge >= 0.3 is 0 Å². The molecule has 0 saturated heterocycles. The highest BCUT2D eigenvalue weighted by molar-refractivity contribution is 6.11. The molecule has 0 atom stereocenters. The Morgan fingerprint density at radius 1 is 0.328 bits per heavy atom. The van der Waals surface area contributed by atoms with Crippen molar-refractivity contribution in [2.24, 2.45) is 0 Å². The van der Waals surface area contributed by atoms with Gasteiger partial charge in [-0.25, -0.2) is 15.0 Å². The predicted molar refractivity (Wildman–Crippen MR) is 264 cm³/mol. The number of para-hydroxylation sites is 1. The van der Waals surface area contributed by atoms with E-state index in [1.807, 2.05) is 12.1 Å². The fourth-order valence-corrected chi connectivity index (χ4v) is 9.79. The molecular formula is C60H42N4. The van der Waals surface area contributed by atoms with Gasteiger partial charge in [-0.2, -0.15) is 0 Å². The van der Waals surface area contributed by atoms with Crippen LogP contribution in [-0.4, -0.2) is 19.5 Å². The van der Waals surface area contributed by atoms with E-state index in [2.05, 4.69) is 225 Å². The highest BCUT2D eigenvalue weighted by atomic mass is 15.0. The lowest BCUT2D eigenvalue weighted by Gasteiger charge is -2.22. The highest BCUT2D eigenvalue weighted by Crippen LogP contribution is 2.51. The zero-order chi connectivity index (χ0) is 42.8. The summed E-state index contributed by atoms with van der Waals surface area (Å²) in [6.07, 6.45) is 0. The van der Waals surface area contributed by atoms with Crippen LogP contribution in [-0.2, 0) is 5.41 Å². The fraction of sp³-hybridized carbons (Fsp3) is 0.0500. The molecule has 12 rings (SSSR count). The van der Waals surface area contributed by atoms with Crippen LogP contribution in [0.1, 0.15) is 25.0 Å². The van der Waals surface area contributed by atoms with E-state index in [9.17, 15) is 0 Å². The van der Waals surface area contributed by atoms with Crippen molar-refractivity contribution >= 4 is 21.8 Å². The van der Waals surface area contributed by atoms with Crippen molar-refractivity contribution in [2.45, 2.75) is 19.3 Å². The lowest BCUT2D eigenvalue weighted by atomic mass is 9.82. The maximum absolute atomic E-state index is 5.25. The molecule has 302 valence electrons. The summed E-state index contributed by atoms with van der Waals surface area (Å²) in [5.74, 6) is 1.87. The van der Waals surface area contributed by atoms with Gasteiger partial charge in [-0.15, -0.1) is 0 Å². The van der Waals surface area contributed by atoms with Crippen LogP contribution in [0.4, 0.5) is 0 Å². The lowest BCUT2D eigenvalue weighted by molar-refractivity contribution is 0.660. The van der Waals surface area contributed by atoms with E-state index < -0.39 is 0 Å². The van der Waals surface area contributed by atoms with Gasteiger partial charge in [0.1, 0.15) is 0 Å². The Hall–Kier alpha value is -8.21. The van der Waals surface area contributed by atoms with Crippen molar-refractivity contribution in [3.05, 3.63) is 230 Å². The molecule has 0 radical (unpaired) electrons. The monoisotopic (exact) mass is 818 g/mol. The molecule has 4 heteroatoms. The third kappa shape index (κ3) is 6.26. The van der Waals surface area contributed by atoms with Gasteiger partial charge in [0.25, 0.3) is 0 Å². The summed E-state index contributed by atoms with van der Waals surface area (Å²) in [5.41, 5.74) is 18.4. The average molecular weight is 819 g/mol. The number of hydrogen-bond donors (Lipinski definition) is 0. The summed E-state index contributed by atoms with van der Waals surface area (Å²) < 4.78 is 2.45. The molecule has 9 aromatic carbocycles. The summed E-state index contributed by atoms with van der Waals surface area (Å²) in [6, 6.07) is 77.8. The summed E-state index contributed by atoms with van der Waals surface area (Å²) in [5, 5.41) is 2.39. The Labute approximate surface area is 372 Å². The topological polar surface area (TPSA) is 43.6 Å². The van der Waals surface area contributed by atoms with E-state index in [0.29, 0.717) is 17.5 Å². The minimum absolute atomic E-state index is 0.117. The second kappa shape index (κ2) is 15.0. The third-order valence-corrected chi connectivity index (χ3v) is 13.1. The van der Waals surface area contributed by atoms with Gasteiger partial charge in [-0.1, -0.05) is 214 Å². The fourth-order valence-electron chi connectivity index (χ4n) is 9.79. The van der Waals surface area contributed by atoms with Crippen molar-refractivity contribution in [1.82, 2.24) is 19.5 Å². The Bertz CT molecular complexity index is 3530. The van der Waals surface area contributed by atoms with Gasteiger partial charge in [0.05, 0.1) is 16.7 Å². The predicted octanol–water partition coefficient (Wildman–Crippen LogP) is 15.3. The largest absolute Gasteiger partial charge is 0.309 e. The van der Waals surface area contributed by atoms with E-state index >= 15 is 0 Å². The Morgan fingerprint density at radius 2 is 0.750 bits per heavy atom. The summed E-state index contributed by atoms with van der Waals surface area (Å²) in [4.78, 5) is 15.6. The van der Waals surface area contributed by atoms with Crippen molar-refractivity contribution in [2.75, 3.05) is 0 Å². The highest BCUT2D eigenvalue weighted by Gasteiger charge is 2.37. The van der Waals surface area contributed by atoms with Crippen molar-refractivity contribution in [3.8, 4) is 84.4 Å².